The first kappa shape index (κ1) is 49.1. The van der Waals surface area contributed by atoms with Crippen LogP contribution in [0.25, 0.3) is 0 Å². The van der Waals surface area contributed by atoms with Crippen molar-refractivity contribution in [1.82, 2.24) is 9.80 Å². The molecule has 2 aromatic rings. The maximum Gasteiger partial charge on any atom is 0.238 e. The molecule has 4 aliphatic rings. The van der Waals surface area contributed by atoms with Gasteiger partial charge in [0.1, 0.15) is 23.3 Å². The number of carbonyl (C=O) groups is 2. The number of aliphatic hydroxyl groups excluding tert-OH is 2. The summed E-state index contributed by atoms with van der Waals surface area (Å²) in [4.78, 5) is 30.8. The first-order valence-corrected chi connectivity index (χ1v) is 29.1. The van der Waals surface area contributed by atoms with Gasteiger partial charge in [0.2, 0.25) is 11.8 Å². The quantitative estimate of drug-likeness (QED) is 0.111. The van der Waals surface area contributed by atoms with Gasteiger partial charge < -0.3 is 28.9 Å². The molecule has 2 N–H and O–H groups in total. The molecule has 8 atom stereocenters. The Morgan fingerprint density at radius 1 is 0.617 bits per heavy atom. The normalized spacial score (nSPS) is 28.1. The summed E-state index contributed by atoms with van der Waals surface area (Å²) in [7, 11) is -0.803. The summed E-state index contributed by atoms with van der Waals surface area (Å²) in [5.74, 6) is -1.01. The maximum atomic E-state index is 13.9. The van der Waals surface area contributed by atoms with E-state index in [4.69, 9.17) is 8.85 Å². The van der Waals surface area contributed by atoms with Crippen LogP contribution in [0.3, 0.4) is 0 Å². The van der Waals surface area contributed by atoms with E-state index in [1.54, 1.807) is 14.1 Å². The summed E-state index contributed by atoms with van der Waals surface area (Å²) in [6, 6.07) is 22.2. The average Bonchev–Trinajstić information content (AvgIpc) is 3.59. The molecule has 0 radical (unpaired) electrons. The molecule has 12 heteroatoms. The smallest absolute Gasteiger partial charge is 0.238 e. The average molecular weight is 1080 g/mol. The molecule has 0 unspecified atom stereocenters. The molecule has 2 heterocycles. The Kier molecular flexibility index (Phi) is 15.9. The van der Waals surface area contributed by atoms with Crippen LogP contribution in [0.1, 0.15) is 90.6 Å². The van der Waals surface area contributed by atoms with Crippen molar-refractivity contribution >= 4 is 73.6 Å². The van der Waals surface area contributed by atoms with Gasteiger partial charge in [-0.2, -0.15) is 0 Å². The predicted molar refractivity (Wildman–Crippen MR) is 265 cm³/mol. The minimum absolute atomic E-state index is 0.0956. The molecule has 328 valence electrons. The summed E-state index contributed by atoms with van der Waals surface area (Å²) in [5.41, 5.74) is 3.58. The molecule has 60 heavy (non-hydrogen) atoms. The van der Waals surface area contributed by atoms with Crippen LogP contribution >= 0.6 is 45.2 Å². The molecular weight excluding hydrogens is 1010 g/mol. The minimum atomic E-state index is -2.09. The predicted octanol–water partition coefficient (Wildman–Crippen LogP) is 11.3. The Morgan fingerprint density at radius 3 is 1.20 bits per heavy atom. The number of halogens is 2. The molecule has 0 spiro atoms. The van der Waals surface area contributed by atoms with E-state index < -0.39 is 64.0 Å². The number of carbonyl (C=O) groups excluding carboxylic acids is 2. The van der Waals surface area contributed by atoms with E-state index in [-0.39, 0.29) is 11.8 Å². The van der Waals surface area contributed by atoms with Gasteiger partial charge in [0.05, 0.1) is 12.2 Å². The van der Waals surface area contributed by atoms with Crippen LogP contribution in [0.15, 0.2) is 97.1 Å². The standard InChI is InChI=1S/2C24H34INO3Si/c2*1-7-30(8-2,9-3)29-21(18-12-10-11-13-19(18)25)24-17(5)15-14-16(4)20(24)22(27)26(6)23(24)28/h2*10-13,20-22,27H,4-5,7-9,14-15H2,1-3,6H3/t2*20-,21+,22-,24-/m10/s1. The molecule has 6 rings (SSSR count). The number of amides is 2. The van der Waals surface area contributed by atoms with Crippen LogP contribution in [0, 0.1) is 29.8 Å². The van der Waals surface area contributed by atoms with Crippen LogP contribution in [-0.4, -0.2) is 75.0 Å². The third kappa shape index (κ3) is 7.97. The van der Waals surface area contributed by atoms with E-state index in [1.807, 2.05) is 24.3 Å². The SMILES string of the molecule is C=C1CCC(=C)[C@@]2([C@@H](O[Si](CC)(CC)CC)c3ccccc3I)C(=O)N(C)[C@H](O)[C@@H]12.C=C1CCC(=C)[C@]2([C@H](O[Si](CC)(CC)CC)c3ccccc3I)C(=O)N(C)[C@@H](O)[C@H]12. The number of likely N-dealkylation sites (tertiary alicyclic amines) is 2. The Morgan fingerprint density at radius 2 is 0.917 bits per heavy atom. The van der Waals surface area contributed by atoms with Gasteiger partial charge >= 0.3 is 0 Å². The van der Waals surface area contributed by atoms with Gasteiger partial charge in [0.25, 0.3) is 0 Å². The molecule has 2 amide bonds. The number of aliphatic hydroxyl groups is 2. The first-order chi connectivity index (χ1) is 28.4. The zero-order chi connectivity index (χ0) is 44.5. The van der Waals surface area contributed by atoms with Crippen LogP contribution in [-0.2, 0) is 18.4 Å². The van der Waals surface area contributed by atoms with Crippen LogP contribution in [0.2, 0.25) is 36.3 Å². The second-order valence-corrected chi connectivity index (χ2v) is 29.2. The van der Waals surface area contributed by atoms with Crippen molar-refractivity contribution in [3.05, 3.63) is 115 Å². The fraction of sp³-hybridized carbons (Fsp3) is 0.542. The van der Waals surface area contributed by atoms with Gasteiger partial charge in [-0.3, -0.25) is 9.59 Å². The summed E-state index contributed by atoms with van der Waals surface area (Å²) < 4.78 is 16.5. The highest BCUT2D eigenvalue weighted by atomic mass is 127. The Bertz CT molecular complexity index is 1830. The van der Waals surface area contributed by atoms with Gasteiger partial charge in [0, 0.05) is 33.1 Å². The van der Waals surface area contributed by atoms with Crippen molar-refractivity contribution in [1.29, 1.82) is 0 Å². The second kappa shape index (κ2) is 19.4. The maximum absolute atomic E-state index is 13.9. The molecule has 0 bridgehead atoms. The van der Waals surface area contributed by atoms with Gasteiger partial charge in [-0.05, 0) is 130 Å². The lowest BCUT2D eigenvalue weighted by molar-refractivity contribution is -0.141. The summed E-state index contributed by atoms with van der Waals surface area (Å²) in [6.45, 7) is 30.6. The number of hydrogen-bond donors (Lipinski definition) is 2. The van der Waals surface area contributed by atoms with Crippen molar-refractivity contribution in [2.45, 2.75) is 128 Å². The van der Waals surface area contributed by atoms with Crippen molar-refractivity contribution in [3.8, 4) is 0 Å². The number of nitrogens with zero attached hydrogens (tertiary/aromatic N) is 2. The molecule has 0 aromatic heterocycles. The third-order valence-corrected chi connectivity index (χ3v) is 26.2. The third-order valence-electron chi connectivity index (χ3n) is 15.1. The Labute approximate surface area is 389 Å². The number of hydrogen-bond acceptors (Lipinski definition) is 6. The van der Waals surface area contributed by atoms with Crippen LogP contribution in [0.5, 0.6) is 0 Å². The monoisotopic (exact) mass is 1080 g/mol. The highest BCUT2D eigenvalue weighted by Gasteiger charge is 2.68. The van der Waals surface area contributed by atoms with Gasteiger partial charge in [-0.25, -0.2) is 0 Å². The Hall–Kier alpha value is -1.93. The molecule has 4 fully saturated rings. The van der Waals surface area contributed by atoms with Crippen molar-refractivity contribution in [2.24, 2.45) is 22.7 Å². The molecule has 2 aliphatic carbocycles. The molecule has 2 aliphatic heterocycles. The number of rotatable bonds is 14. The topological polar surface area (TPSA) is 99.5 Å². The van der Waals surface area contributed by atoms with Crippen molar-refractivity contribution in [2.75, 3.05) is 14.1 Å². The lowest BCUT2D eigenvalue weighted by atomic mass is 9.59. The summed E-state index contributed by atoms with van der Waals surface area (Å²) in [5, 5.41) is 22.2. The van der Waals surface area contributed by atoms with Crippen LogP contribution < -0.4 is 0 Å². The zero-order valence-corrected chi connectivity index (χ0v) is 43.5. The molecule has 2 saturated carbocycles. The zero-order valence-electron chi connectivity index (χ0n) is 37.2. The highest BCUT2D eigenvalue weighted by molar-refractivity contribution is 14.1. The van der Waals surface area contributed by atoms with E-state index in [9.17, 15) is 19.8 Å². The van der Waals surface area contributed by atoms with Gasteiger partial charge in [-0.1, -0.05) is 127 Å². The lowest BCUT2D eigenvalue weighted by Crippen LogP contribution is -2.50. The first-order valence-electron chi connectivity index (χ1n) is 21.9. The van der Waals surface area contributed by atoms with Crippen molar-refractivity contribution in [3.63, 3.8) is 0 Å². The molecule has 8 nitrogen and oxygen atoms in total. The van der Waals surface area contributed by atoms with Gasteiger partial charge in [0.15, 0.2) is 16.6 Å². The van der Waals surface area contributed by atoms with E-state index >= 15 is 0 Å². The molecular formula is C48H68I2N2O6Si2. The van der Waals surface area contributed by atoms with E-state index in [0.29, 0.717) is 12.8 Å². The fourth-order valence-electron chi connectivity index (χ4n) is 10.8. The van der Waals surface area contributed by atoms with E-state index in [2.05, 4.69) is 137 Å². The van der Waals surface area contributed by atoms with Gasteiger partial charge in [-0.15, -0.1) is 0 Å². The molecule has 2 aromatic carbocycles. The number of benzene rings is 2. The number of fused-ring (bicyclic) bond motifs is 2. The Balaban J connectivity index is 0.000000228. The second-order valence-electron chi connectivity index (χ2n) is 17.4. The summed E-state index contributed by atoms with van der Waals surface area (Å²) >= 11 is 4.67. The summed E-state index contributed by atoms with van der Waals surface area (Å²) in [6.07, 6.45) is 0.136. The minimum Gasteiger partial charge on any atom is -0.408 e. The van der Waals surface area contributed by atoms with Crippen LogP contribution in [0.4, 0.5) is 0 Å². The van der Waals surface area contributed by atoms with E-state index in [0.717, 1.165) is 89.7 Å². The van der Waals surface area contributed by atoms with E-state index in [1.165, 1.54) is 9.80 Å². The fourth-order valence-corrected chi connectivity index (χ4v) is 17.7. The lowest BCUT2D eigenvalue weighted by Gasteiger charge is -2.48. The highest BCUT2D eigenvalue weighted by Crippen LogP contribution is 2.63. The van der Waals surface area contributed by atoms with Crippen molar-refractivity contribution < 1.29 is 28.7 Å². The largest absolute Gasteiger partial charge is 0.408 e. The molecule has 2 saturated heterocycles.